The second-order valence-electron chi connectivity index (χ2n) is 4.05. The van der Waals surface area contributed by atoms with E-state index in [4.69, 9.17) is 21.0 Å². The Kier molecular flexibility index (Phi) is 7.51. The lowest BCUT2D eigenvalue weighted by molar-refractivity contribution is 0.550. The normalized spacial score (nSPS) is 16.6. The van der Waals surface area contributed by atoms with Crippen LogP contribution in [-0.4, -0.2) is 12.1 Å². The molecule has 4 unspecified atom stereocenters. The van der Waals surface area contributed by atoms with Gasteiger partial charge < -0.3 is 0 Å². The van der Waals surface area contributed by atoms with Crippen LogP contribution < -0.4 is 0 Å². The van der Waals surface area contributed by atoms with Crippen molar-refractivity contribution < 1.29 is 0 Å². The average molecular weight is 242 g/mol. The number of hydrogen-bond acceptors (Lipinski definition) is 6. The quantitative estimate of drug-likeness (QED) is 0.663. The van der Waals surface area contributed by atoms with E-state index in [1.165, 1.54) is 0 Å². The van der Waals surface area contributed by atoms with Gasteiger partial charge in [-0.2, -0.15) is 31.3 Å². The van der Waals surface area contributed by atoms with E-state index < -0.39 is 12.1 Å². The first-order valence-electron chi connectivity index (χ1n) is 5.55. The van der Waals surface area contributed by atoms with Gasteiger partial charge in [-0.1, -0.05) is 0 Å². The largest absolute Gasteiger partial charge is 0.198 e. The van der Waals surface area contributed by atoms with Crippen molar-refractivity contribution in [3.63, 3.8) is 0 Å². The first-order valence-corrected chi connectivity index (χ1v) is 5.55. The number of nitrogens with zero attached hydrogens (tertiary/aromatic N) is 6. The molecular formula is C12H14N6. The molecule has 0 rings (SSSR count). The molecule has 0 saturated carbocycles. The molecule has 0 aliphatic carbocycles. The molecule has 0 aromatic heterocycles. The van der Waals surface area contributed by atoms with Gasteiger partial charge in [0.25, 0.3) is 0 Å². The zero-order chi connectivity index (χ0) is 14.0. The zero-order valence-electron chi connectivity index (χ0n) is 10.4. The summed E-state index contributed by atoms with van der Waals surface area (Å²) in [5.41, 5.74) is 0. The van der Waals surface area contributed by atoms with Crippen molar-refractivity contribution in [1.29, 1.82) is 21.0 Å². The van der Waals surface area contributed by atoms with Crippen LogP contribution in [0.4, 0.5) is 0 Å². The van der Waals surface area contributed by atoms with Crippen molar-refractivity contribution >= 4 is 0 Å². The highest BCUT2D eigenvalue weighted by atomic mass is 15.1. The molecule has 0 aromatic rings. The van der Waals surface area contributed by atoms with E-state index in [-0.39, 0.29) is 11.8 Å². The zero-order valence-corrected chi connectivity index (χ0v) is 10.4. The summed E-state index contributed by atoms with van der Waals surface area (Å²) in [7, 11) is 0. The number of azo groups is 1. The summed E-state index contributed by atoms with van der Waals surface area (Å²) < 4.78 is 0. The lowest BCUT2D eigenvalue weighted by Gasteiger charge is -2.06. The van der Waals surface area contributed by atoms with Crippen LogP contribution in [-0.2, 0) is 0 Å². The highest BCUT2D eigenvalue weighted by Crippen LogP contribution is 2.11. The van der Waals surface area contributed by atoms with Crippen LogP contribution in [0, 0.1) is 57.2 Å². The van der Waals surface area contributed by atoms with Gasteiger partial charge >= 0.3 is 0 Å². The highest BCUT2D eigenvalue weighted by molar-refractivity contribution is 4.97. The van der Waals surface area contributed by atoms with E-state index >= 15 is 0 Å². The molecule has 0 fully saturated rings. The number of nitriles is 4. The van der Waals surface area contributed by atoms with Crippen LogP contribution in [0.3, 0.4) is 0 Å². The van der Waals surface area contributed by atoms with Crippen LogP contribution in [0.2, 0.25) is 0 Å². The minimum absolute atomic E-state index is 0.285. The van der Waals surface area contributed by atoms with E-state index in [2.05, 4.69) is 10.2 Å². The summed E-state index contributed by atoms with van der Waals surface area (Å²) in [4.78, 5) is 0. The summed E-state index contributed by atoms with van der Waals surface area (Å²) >= 11 is 0. The predicted molar refractivity (Wildman–Crippen MR) is 62.4 cm³/mol. The Morgan fingerprint density at radius 3 is 1.28 bits per heavy atom. The highest BCUT2D eigenvalue weighted by Gasteiger charge is 2.14. The molecule has 92 valence electrons. The maximum Gasteiger partial charge on any atom is 0.158 e. The van der Waals surface area contributed by atoms with Crippen molar-refractivity contribution in [2.24, 2.45) is 22.1 Å². The van der Waals surface area contributed by atoms with Gasteiger partial charge in [0.05, 0.1) is 24.3 Å². The molecular weight excluding hydrogens is 228 g/mol. The number of rotatable bonds is 6. The summed E-state index contributed by atoms with van der Waals surface area (Å²) in [6.45, 7) is 3.39. The lowest BCUT2D eigenvalue weighted by Crippen LogP contribution is -2.09. The molecule has 6 nitrogen and oxygen atoms in total. The minimum Gasteiger partial charge on any atom is -0.198 e. The smallest absolute Gasteiger partial charge is 0.158 e. The fraction of sp³-hybridized carbons (Fsp3) is 0.667. The molecule has 4 atom stereocenters. The second-order valence-corrected chi connectivity index (χ2v) is 4.05. The van der Waals surface area contributed by atoms with E-state index in [9.17, 15) is 0 Å². The van der Waals surface area contributed by atoms with Crippen molar-refractivity contribution in [2.45, 2.75) is 38.8 Å². The molecule has 0 bridgehead atoms. The molecule has 0 aliphatic rings. The molecule has 0 aromatic carbocycles. The van der Waals surface area contributed by atoms with Gasteiger partial charge in [0.15, 0.2) is 12.1 Å². The maximum absolute atomic E-state index is 8.84. The Morgan fingerprint density at radius 2 is 1.06 bits per heavy atom. The predicted octanol–water partition coefficient (Wildman–Crippen LogP) is 2.32. The van der Waals surface area contributed by atoms with Crippen LogP contribution >= 0.6 is 0 Å². The summed E-state index contributed by atoms with van der Waals surface area (Å²) in [6.07, 6.45) is 0.588. The molecule has 0 N–H and O–H groups in total. The van der Waals surface area contributed by atoms with Crippen molar-refractivity contribution in [2.75, 3.05) is 0 Å². The molecule has 6 heteroatoms. The molecule has 0 amide bonds. The maximum atomic E-state index is 8.84. The van der Waals surface area contributed by atoms with Gasteiger partial charge in [0, 0.05) is 24.7 Å². The summed E-state index contributed by atoms with van der Waals surface area (Å²) in [5.74, 6) is -0.570. The van der Waals surface area contributed by atoms with Crippen molar-refractivity contribution in [3.8, 4) is 24.3 Å². The molecule has 0 aliphatic heterocycles. The SMILES string of the molecule is CC(C#N)CC(C#N)/N=N/C(C#N)CC(C)C#N. The lowest BCUT2D eigenvalue weighted by atomic mass is 10.0. The van der Waals surface area contributed by atoms with Gasteiger partial charge in [0.2, 0.25) is 0 Å². The molecule has 0 saturated heterocycles. The van der Waals surface area contributed by atoms with Crippen molar-refractivity contribution in [3.05, 3.63) is 0 Å². The van der Waals surface area contributed by atoms with Gasteiger partial charge in [-0.25, -0.2) is 0 Å². The fourth-order valence-corrected chi connectivity index (χ4v) is 1.19. The van der Waals surface area contributed by atoms with Crippen molar-refractivity contribution in [1.82, 2.24) is 0 Å². The molecule has 18 heavy (non-hydrogen) atoms. The van der Waals surface area contributed by atoms with E-state index in [1.54, 1.807) is 13.8 Å². The Balaban J connectivity index is 4.50. The van der Waals surface area contributed by atoms with Gasteiger partial charge in [-0.15, -0.1) is 0 Å². The minimum atomic E-state index is -0.715. The Hall–Kier alpha value is -2.44. The second kappa shape index (κ2) is 8.68. The third-order valence-electron chi connectivity index (χ3n) is 2.24. The first-order chi connectivity index (χ1) is 8.57. The van der Waals surface area contributed by atoms with Gasteiger partial charge in [0.1, 0.15) is 0 Å². The number of hydrogen-bond donors (Lipinski definition) is 0. The van der Waals surface area contributed by atoms with E-state index in [1.807, 2.05) is 24.3 Å². The van der Waals surface area contributed by atoms with Crippen LogP contribution in [0.5, 0.6) is 0 Å². The molecule has 0 spiro atoms. The standard InChI is InChI=1S/C12H14N6/c1-9(5-13)3-11(7-15)17-18-12(8-16)4-10(2)6-14/h9-12H,3-4H2,1-2H3/b18-17+. The molecule has 0 heterocycles. The summed E-state index contributed by atoms with van der Waals surface area (Å²) in [6, 6.07) is 6.45. The summed E-state index contributed by atoms with van der Waals surface area (Å²) in [5, 5.41) is 42.5. The average Bonchev–Trinajstić information content (AvgIpc) is 2.40. The Bertz CT molecular complexity index is 399. The Morgan fingerprint density at radius 1 is 0.722 bits per heavy atom. The third-order valence-corrected chi connectivity index (χ3v) is 2.24. The van der Waals surface area contributed by atoms with E-state index in [0.29, 0.717) is 12.8 Å². The molecule has 0 radical (unpaired) electrons. The van der Waals surface area contributed by atoms with Gasteiger partial charge in [-0.3, -0.25) is 0 Å². The topological polar surface area (TPSA) is 120 Å². The Labute approximate surface area is 107 Å². The third kappa shape index (κ3) is 6.21. The first kappa shape index (κ1) is 15.6. The van der Waals surface area contributed by atoms with E-state index in [0.717, 1.165) is 0 Å². The monoisotopic (exact) mass is 242 g/mol. The van der Waals surface area contributed by atoms with Crippen LogP contribution in [0.1, 0.15) is 26.7 Å². The van der Waals surface area contributed by atoms with Gasteiger partial charge in [-0.05, 0) is 13.8 Å². The van der Waals surface area contributed by atoms with Crippen LogP contribution in [0.15, 0.2) is 10.2 Å². The fourth-order valence-electron chi connectivity index (χ4n) is 1.19. The van der Waals surface area contributed by atoms with Crippen LogP contribution in [0.25, 0.3) is 0 Å².